The first kappa shape index (κ1) is 9.82. The molecule has 1 unspecified atom stereocenters. The second kappa shape index (κ2) is 3.80. The number of ketones is 1. The van der Waals surface area contributed by atoms with E-state index in [2.05, 4.69) is 14.7 Å². The SMILES string of the molecule is CC(c1ncon1)N1CCC(=O)CC1=O. The highest BCUT2D eigenvalue weighted by Gasteiger charge is 2.29. The first-order valence-corrected chi connectivity index (χ1v) is 4.76. The number of nitrogens with zero attached hydrogens (tertiary/aromatic N) is 3. The molecule has 0 spiro atoms. The molecule has 80 valence electrons. The van der Waals surface area contributed by atoms with Crippen molar-refractivity contribution in [3.05, 3.63) is 12.2 Å². The number of likely N-dealkylation sites (tertiary alicyclic amines) is 1. The Hall–Kier alpha value is -1.72. The van der Waals surface area contributed by atoms with E-state index < -0.39 is 0 Å². The van der Waals surface area contributed by atoms with Crippen LogP contribution in [0.25, 0.3) is 0 Å². The van der Waals surface area contributed by atoms with Gasteiger partial charge in [0.15, 0.2) is 5.82 Å². The lowest BCUT2D eigenvalue weighted by Crippen LogP contribution is -2.40. The molecule has 2 heterocycles. The van der Waals surface area contributed by atoms with Crippen LogP contribution in [-0.4, -0.2) is 33.3 Å². The summed E-state index contributed by atoms with van der Waals surface area (Å²) in [5.41, 5.74) is 0. The Morgan fingerprint density at radius 2 is 2.33 bits per heavy atom. The molecule has 1 aliphatic rings. The van der Waals surface area contributed by atoms with Gasteiger partial charge in [-0.1, -0.05) is 5.16 Å². The minimum Gasteiger partial charge on any atom is -0.343 e. The number of hydrogen-bond donors (Lipinski definition) is 0. The molecule has 0 aromatic carbocycles. The fourth-order valence-corrected chi connectivity index (χ4v) is 1.64. The van der Waals surface area contributed by atoms with Crippen LogP contribution < -0.4 is 0 Å². The number of rotatable bonds is 2. The van der Waals surface area contributed by atoms with E-state index in [0.29, 0.717) is 18.8 Å². The summed E-state index contributed by atoms with van der Waals surface area (Å²) in [4.78, 5) is 28.1. The highest BCUT2D eigenvalue weighted by atomic mass is 16.5. The lowest BCUT2D eigenvalue weighted by Gasteiger charge is -2.29. The van der Waals surface area contributed by atoms with Gasteiger partial charge in [-0.2, -0.15) is 4.98 Å². The summed E-state index contributed by atoms with van der Waals surface area (Å²) in [5, 5.41) is 3.68. The minimum absolute atomic E-state index is 0.00318. The van der Waals surface area contributed by atoms with Gasteiger partial charge < -0.3 is 9.42 Å². The molecule has 0 N–H and O–H groups in total. The zero-order chi connectivity index (χ0) is 10.8. The summed E-state index contributed by atoms with van der Waals surface area (Å²) in [6.45, 7) is 2.26. The number of piperidine rings is 1. The average molecular weight is 209 g/mol. The van der Waals surface area contributed by atoms with Gasteiger partial charge in [0, 0.05) is 13.0 Å². The summed E-state index contributed by atoms with van der Waals surface area (Å²) < 4.78 is 4.62. The van der Waals surface area contributed by atoms with E-state index in [1.807, 2.05) is 6.92 Å². The standard InChI is InChI=1S/C9H11N3O3/c1-6(9-10-5-15-11-9)12-3-2-7(13)4-8(12)14/h5-6H,2-4H2,1H3. The summed E-state index contributed by atoms with van der Waals surface area (Å²) in [6, 6.07) is -0.232. The smallest absolute Gasteiger partial charge is 0.230 e. The second-order valence-electron chi connectivity index (χ2n) is 3.52. The summed E-state index contributed by atoms with van der Waals surface area (Å²) in [7, 11) is 0. The molecular weight excluding hydrogens is 198 g/mol. The van der Waals surface area contributed by atoms with Crippen LogP contribution >= 0.6 is 0 Å². The molecule has 2 rings (SSSR count). The monoisotopic (exact) mass is 209 g/mol. The van der Waals surface area contributed by atoms with Crippen LogP contribution in [0.3, 0.4) is 0 Å². The van der Waals surface area contributed by atoms with Crippen LogP contribution in [0.5, 0.6) is 0 Å². The maximum Gasteiger partial charge on any atom is 0.230 e. The second-order valence-corrected chi connectivity index (χ2v) is 3.52. The van der Waals surface area contributed by atoms with Crippen LogP contribution in [0.4, 0.5) is 0 Å². The van der Waals surface area contributed by atoms with E-state index in [1.54, 1.807) is 4.90 Å². The molecule has 0 saturated carbocycles. The van der Waals surface area contributed by atoms with Crippen LogP contribution in [-0.2, 0) is 9.59 Å². The molecule has 0 bridgehead atoms. The molecule has 1 aliphatic heterocycles. The molecule has 1 fully saturated rings. The van der Waals surface area contributed by atoms with Gasteiger partial charge in [-0.05, 0) is 6.92 Å². The van der Waals surface area contributed by atoms with Crippen molar-refractivity contribution < 1.29 is 14.1 Å². The third-order valence-electron chi connectivity index (χ3n) is 2.52. The van der Waals surface area contributed by atoms with Crippen molar-refractivity contribution in [2.75, 3.05) is 6.54 Å². The van der Waals surface area contributed by atoms with Gasteiger partial charge >= 0.3 is 0 Å². The Bertz CT molecular complexity index is 374. The van der Waals surface area contributed by atoms with E-state index in [-0.39, 0.29) is 24.2 Å². The molecule has 6 nitrogen and oxygen atoms in total. The highest BCUT2D eigenvalue weighted by Crippen LogP contribution is 2.20. The number of carbonyl (C=O) groups excluding carboxylic acids is 2. The third-order valence-corrected chi connectivity index (χ3v) is 2.52. The van der Waals surface area contributed by atoms with Gasteiger partial charge in [-0.25, -0.2) is 0 Å². The van der Waals surface area contributed by atoms with Gasteiger partial charge in [-0.15, -0.1) is 0 Å². The Morgan fingerprint density at radius 3 is 2.93 bits per heavy atom. The van der Waals surface area contributed by atoms with E-state index >= 15 is 0 Å². The number of amides is 1. The fraction of sp³-hybridized carbons (Fsp3) is 0.556. The average Bonchev–Trinajstić information content (AvgIpc) is 2.69. The zero-order valence-corrected chi connectivity index (χ0v) is 8.34. The lowest BCUT2D eigenvalue weighted by molar-refractivity contribution is -0.141. The van der Waals surface area contributed by atoms with Crippen molar-refractivity contribution in [3.8, 4) is 0 Å². The van der Waals surface area contributed by atoms with Gasteiger partial charge in [-0.3, -0.25) is 9.59 Å². The van der Waals surface area contributed by atoms with Crippen molar-refractivity contribution in [3.63, 3.8) is 0 Å². The molecule has 1 aromatic rings. The van der Waals surface area contributed by atoms with Crippen molar-refractivity contribution >= 4 is 11.7 Å². The molecule has 1 saturated heterocycles. The molecule has 1 amide bonds. The molecule has 0 aliphatic carbocycles. The Morgan fingerprint density at radius 1 is 1.53 bits per heavy atom. The zero-order valence-electron chi connectivity index (χ0n) is 8.34. The maximum atomic E-state index is 11.6. The molecular formula is C9H11N3O3. The van der Waals surface area contributed by atoms with E-state index in [9.17, 15) is 9.59 Å². The Labute approximate surface area is 86.2 Å². The number of hydrogen-bond acceptors (Lipinski definition) is 5. The predicted molar refractivity (Wildman–Crippen MR) is 48.7 cm³/mol. The third kappa shape index (κ3) is 1.88. The quantitative estimate of drug-likeness (QED) is 0.655. The lowest BCUT2D eigenvalue weighted by atomic mass is 10.1. The van der Waals surface area contributed by atoms with Crippen LogP contribution in [0, 0.1) is 0 Å². The first-order chi connectivity index (χ1) is 7.18. The van der Waals surface area contributed by atoms with Crippen molar-refractivity contribution in [1.29, 1.82) is 0 Å². The van der Waals surface area contributed by atoms with Gasteiger partial charge in [0.1, 0.15) is 5.78 Å². The van der Waals surface area contributed by atoms with Crippen LogP contribution in [0.2, 0.25) is 0 Å². The van der Waals surface area contributed by atoms with Crippen LogP contribution in [0.15, 0.2) is 10.9 Å². The molecule has 0 radical (unpaired) electrons. The fourth-order valence-electron chi connectivity index (χ4n) is 1.64. The van der Waals surface area contributed by atoms with Gasteiger partial charge in [0.25, 0.3) is 0 Å². The summed E-state index contributed by atoms with van der Waals surface area (Å²) in [6.07, 6.45) is 1.63. The highest BCUT2D eigenvalue weighted by molar-refractivity contribution is 6.00. The summed E-state index contributed by atoms with van der Waals surface area (Å²) >= 11 is 0. The van der Waals surface area contributed by atoms with Gasteiger partial charge in [0.2, 0.25) is 12.3 Å². The van der Waals surface area contributed by atoms with Gasteiger partial charge in [0.05, 0.1) is 12.5 Å². The van der Waals surface area contributed by atoms with E-state index in [4.69, 9.17) is 0 Å². The van der Waals surface area contributed by atoms with Crippen molar-refractivity contribution in [2.24, 2.45) is 0 Å². The number of Topliss-reactive ketones (excluding diaryl/α,β-unsaturated/α-hetero) is 1. The topological polar surface area (TPSA) is 76.3 Å². The largest absolute Gasteiger partial charge is 0.343 e. The normalized spacial score (nSPS) is 19.4. The molecule has 1 atom stereocenters. The minimum atomic E-state index is -0.232. The first-order valence-electron chi connectivity index (χ1n) is 4.76. The van der Waals surface area contributed by atoms with E-state index in [0.717, 1.165) is 0 Å². The molecule has 6 heteroatoms. The number of carbonyl (C=O) groups is 2. The Balaban J connectivity index is 2.11. The van der Waals surface area contributed by atoms with Crippen molar-refractivity contribution in [1.82, 2.24) is 15.0 Å². The number of aromatic nitrogens is 2. The predicted octanol–water partition coefficient (Wildman–Crippen LogP) is 0.322. The molecule has 1 aromatic heterocycles. The van der Waals surface area contributed by atoms with E-state index in [1.165, 1.54) is 6.39 Å². The van der Waals surface area contributed by atoms with Crippen LogP contribution in [0.1, 0.15) is 31.6 Å². The maximum absolute atomic E-state index is 11.6. The summed E-state index contributed by atoms with van der Waals surface area (Å²) in [5.74, 6) is 0.304. The molecule has 15 heavy (non-hydrogen) atoms. The van der Waals surface area contributed by atoms with Crippen molar-refractivity contribution in [2.45, 2.75) is 25.8 Å². The Kier molecular flexibility index (Phi) is 2.49.